The first kappa shape index (κ1) is 33.2. The van der Waals surface area contributed by atoms with Crippen molar-refractivity contribution in [2.75, 3.05) is 14.2 Å². The number of ether oxygens (including phenoxy) is 2. The van der Waals surface area contributed by atoms with E-state index in [0.717, 1.165) is 22.4 Å². The quantitative estimate of drug-likeness (QED) is 0.100. The molecule has 0 amide bonds. The first-order valence-corrected chi connectivity index (χ1v) is 17.4. The van der Waals surface area contributed by atoms with Gasteiger partial charge in [-0.1, -0.05) is 79.4 Å². The second-order valence-electron chi connectivity index (χ2n) is 11.2. The van der Waals surface area contributed by atoms with E-state index in [1.54, 1.807) is 29.2 Å². The average molecular weight is 607 g/mol. The minimum Gasteiger partial charge on any atom is -0.489 e. The number of aliphatic hydroxyl groups is 1. The van der Waals surface area contributed by atoms with Gasteiger partial charge in [0.2, 0.25) is 0 Å². The van der Waals surface area contributed by atoms with Crippen LogP contribution in [-0.2, 0) is 33.1 Å². The molecule has 9 nitrogen and oxygen atoms in total. The molecule has 11 heteroatoms. The van der Waals surface area contributed by atoms with E-state index in [2.05, 4.69) is 34.9 Å². The molecule has 0 saturated heterocycles. The van der Waals surface area contributed by atoms with E-state index in [1.165, 1.54) is 32.7 Å². The predicted octanol–water partition coefficient (Wildman–Crippen LogP) is 5.74. The summed E-state index contributed by atoms with van der Waals surface area (Å²) >= 11 is 0. The van der Waals surface area contributed by atoms with E-state index in [-0.39, 0.29) is 11.5 Å². The lowest BCUT2D eigenvalue weighted by atomic mass is 9.96. The van der Waals surface area contributed by atoms with Gasteiger partial charge >= 0.3 is 5.97 Å². The van der Waals surface area contributed by atoms with Gasteiger partial charge in [-0.2, -0.15) is 5.10 Å². The van der Waals surface area contributed by atoms with Crippen molar-refractivity contribution in [2.24, 2.45) is 5.16 Å². The van der Waals surface area contributed by atoms with Crippen molar-refractivity contribution in [3.8, 4) is 5.75 Å². The smallest absolute Gasteiger partial charge is 0.360 e. The van der Waals surface area contributed by atoms with Crippen molar-refractivity contribution in [1.82, 2.24) is 14.8 Å². The monoisotopic (exact) mass is 606 g/mol. The molecule has 0 spiro atoms. The minimum atomic E-state index is -1.53. The molecule has 0 aliphatic rings. The fourth-order valence-electron chi connectivity index (χ4n) is 4.60. The SMILES string of the molecule is CO/N=C(/C(=O)OC)c1ccccc1COc1ccccc1C.C[Si](C)(C)CC(O)(Cn1cncn1)c1ccc(F)cc1. The standard InChI is InChI=1S/C18H19NO4.C14H20FN3OSi/c1-13-8-4-7-11-16(13)23-12-14-9-5-6-10-15(14)17(19-22-3)18(20)21-2;1-20(2,3)9-14(19,8-18-11-16-10-17-18)12-4-6-13(15)7-5-12/h4-11H,12H2,1-3H3;4-7,10-11,19H,8-9H2,1-3H3/b19-17+;. The van der Waals surface area contributed by atoms with Gasteiger partial charge < -0.3 is 19.4 Å². The van der Waals surface area contributed by atoms with Gasteiger partial charge in [-0.05, 0) is 47.9 Å². The molecule has 1 aromatic heterocycles. The number of rotatable bonds is 11. The summed E-state index contributed by atoms with van der Waals surface area (Å²) in [6.45, 7) is 9.20. The number of nitrogens with zero attached hydrogens (tertiary/aromatic N) is 4. The van der Waals surface area contributed by atoms with Crippen molar-refractivity contribution in [1.29, 1.82) is 0 Å². The Kier molecular flexibility index (Phi) is 11.7. The van der Waals surface area contributed by atoms with Crippen LogP contribution in [0.15, 0.2) is 90.6 Å². The number of carbonyl (C=O) groups is 1. The maximum Gasteiger partial charge on any atom is 0.360 e. The number of methoxy groups -OCH3 is 1. The van der Waals surface area contributed by atoms with Crippen LogP contribution in [0.4, 0.5) is 4.39 Å². The highest BCUT2D eigenvalue weighted by molar-refractivity contribution is 6.76. The van der Waals surface area contributed by atoms with Crippen LogP contribution in [-0.4, -0.2) is 53.8 Å². The highest BCUT2D eigenvalue weighted by atomic mass is 28.3. The summed E-state index contributed by atoms with van der Waals surface area (Å²) in [6.07, 6.45) is 3.03. The van der Waals surface area contributed by atoms with E-state index < -0.39 is 19.6 Å². The lowest BCUT2D eigenvalue weighted by Crippen LogP contribution is -2.39. The van der Waals surface area contributed by atoms with Crippen LogP contribution < -0.4 is 4.74 Å². The summed E-state index contributed by atoms with van der Waals surface area (Å²) in [5.41, 5.74) is 2.26. The van der Waals surface area contributed by atoms with Crippen molar-refractivity contribution in [3.05, 3.63) is 114 Å². The molecule has 3 aromatic carbocycles. The molecule has 4 rings (SSSR count). The Morgan fingerprint density at radius 1 is 1.02 bits per heavy atom. The first-order valence-electron chi connectivity index (χ1n) is 13.7. The number of aromatic nitrogens is 3. The summed E-state index contributed by atoms with van der Waals surface area (Å²) in [7, 11) is 1.16. The molecule has 0 aliphatic heterocycles. The number of hydrogen-bond acceptors (Lipinski definition) is 8. The number of halogens is 1. The molecule has 4 aromatic rings. The lowest BCUT2D eigenvalue weighted by Gasteiger charge is -2.33. The number of carbonyl (C=O) groups excluding carboxylic acids is 1. The predicted molar refractivity (Wildman–Crippen MR) is 166 cm³/mol. The third-order valence-corrected chi connectivity index (χ3v) is 8.05. The van der Waals surface area contributed by atoms with Crippen LogP contribution in [0.25, 0.3) is 0 Å². The molecule has 228 valence electrons. The molecule has 0 aliphatic carbocycles. The van der Waals surface area contributed by atoms with Crippen molar-refractivity contribution >= 4 is 19.8 Å². The van der Waals surface area contributed by atoms with Gasteiger partial charge in [0.1, 0.15) is 43.5 Å². The highest BCUT2D eigenvalue weighted by Crippen LogP contribution is 2.33. The van der Waals surface area contributed by atoms with Crippen LogP contribution >= 0.6 is 0 Å². The summed E-state index contributed by atoms with van der Waals surface area (Å²) in [5.74, 6) is -0.0642. The minimum absolute atomic E-state index is 0.110. The molecule has 0 saturated carbocycles. The molecular formula is C32H39FN4O5Si. The fraction of sp³-hybridized carbons (Fsp3) is 0.312. The highest BCUT2D eigenvalue weighted by Gasteiger charge is 2.35. The maximum atomic E-state index is 13.1. The zero-order valence-corrected chi connectivity index (χ0v) is 26.5. The average Bonchev–Trinajstić information content (AvgIpc) is 3.47. The Bertz CT molecular complexity index is 1490. The Balaban J connectivity index is 0.000000238. The van der Waals surface area contributed by atoms with Crippen LogP contribution in [0.1, 0.15) is 22.3 Å². The number of hydrogen-bond donors (Lipinski definition) is 1. The lowest BCUT2D eigenvalue weighted by molar-refractivity contribution is -0.132. The van der Waals surface area contributed by atoms with Gasteiger partial charge in [0.05, 0.1) is 13.7 Å². The Morgan fingerprint density at radius 2 is 1.70 bits per heavy atom. The van der Waals surface area contributed by atoms with E-state index in [0.29, 0.717) is 24.8 Å². The topological polar surface area (TPSA) is 108 Å². The summed E-state index contributed by atoms with van der Waals surface area (Å²) in [5, 5.41) is 19.0. The third-order valence-electron chi connectivity index (χ3n) is 6.41. The third kappa shape index (κ3) is 9.86. The number of esters is 1. The molecule has 1 N–H and O–H groups in total. The molecule has 1 unspecified atom stereocenters. The second-order valence-corrected chi connectivity index (χ2v) is 16.7. The maximum absolute atomic E-state index is 13.1. The second kappa shape index (κ2) is 15.2. The normalized spacial score (nSPS) is 12.9. The molecule has 0 fully saturated rings. The van der Waals surface area contributed by atoms with Gasteiger partial charge in [0, 0.05) is 13.6 Å². The molecule has 43 heavy (non-hydrogen) atoms. The zero-order valence-electron chi connectivity index (χ0n) is 25.5. The molecule has 1 atom stereocenters. The van der Waals surface area contributed by atoms with Crippen LogP contribution in [0.2, 0.25) is 25.7 Å². The number of oxime groups is 1. The van der Waals surface area contributed by atoms with Crippen LogP contribution in [0, 0.1) is 12.7 Å². The van der Waals surface area contributed by atoms with Crippen LogP contribution in [0.5, 0.6) is 5.75 Å². The Morgan fingerprint density at radius 3 is 2.30 bits per heavy atom. The Hall–Kier alpha value is -4.35. The van der Waals surface area contributed by atoms with Gasteiger partial charge in [0.15, 0.2) is 5.71 Å². The van der Waals surface area contributed by atoms with Crippen LogP contribution in [0.3, 0.4) is 0 Å². The number of aryl methyl sites for hydroxylation is 1. The molecule has 0 radical (unpaired) electrons. The number of benzene rings is 3. The first-order chi connectivity index (χ1) is 20.5. The summed E-state index contributed by atoms with van der Waals surface area (Å²) in [6, 6.07) is 21.8. The molecule has 0 bridgehead atoms. The number of para-hydroxylation sites is 1. The summed E-state index contributed by atoms with van der Waals surface area (Å²) < 4.78 is 25.3. The van der Waals surface area contributed by atoms with Gasteiger partial charge in [-0.3, -0.25) is 0 Å². The fourth-order valence-corrected chi connectivity index (χ4v) is 6.68. The van der Waals surface area contributed by atoms with Crippen molar-refractivity contribution in [3.63, 3.8) is 0 Å². The van der Waals surface area contributed by atoms with Gasteiger partial charge in [0.25, 0.3) is 0 Å². The van der Waals surface area contributed by atoms with E-state index in [4.69, 9.17) is 14.3 Å². The largest absolute Gasteiger partial charge is 0.489 e. The van der Waals surface area contributed by atoms with E-state index in [1.807, 2.05) is 49.4 Å². The van der Waals surface area contributed by atoms with E-state index in [9.17, 15) is 14.3 Å². The molecule has 1 heterocycles. The van der Waals surface area contributed by atoms with Gasteiger partial charge in [-0.15, -0.1) is 0 Å². The zero-order chi connectivity index (χ0) is 31.5. The van der Waals surface area contributed by atoms with Crippen molar-refractivity contribution in [2.45, 2.75) is 51.4 Å². The summed E-state index contributed by atoms with van der Waals surface area (Å²) in [4.78, 5) is 20.6. The van der Waals surface area contributed by atoms with Gasteiger partial charge in [-0.25, -0.2) is 18.9 Å². The van der Waals surface area contributed by atoms with Crippen molar-refractivity contribution < 1.29 is 28.6 Å². The van der Waals surface area contributed by atoms with E-state index >= 15 is 0 Å². The Labute approximate surface area is 253 Å². The molecular weight excluding hydrogens is 567 g/mol.